The van der Waals surface area contributed by atoms with Gasteiger partial charge in [-0.25, -0.2) is 0 Å². The van der Waals surface area contributed by atoms with Gasteiger partial charge in [0.1, 0.15) is 0 Å². The molecule has 0 unspecified atom stereocenters. The van der Waals surface area contributed by atoms with Gasteiger partial charge in [-0.3, -0.25) is 43.5 Å². The van der Waals surface area contributed by atoms with Gasteiger partial charge in [0.05, 0.1) is 63.3 Å². The lowest BCUT2D eigenvalue weighted by molar-refractivity contribution is -0.143. The summed E-state index contributed by atoms with van der Waals surface area (Å²) in [6, 6.07) is 6.48. The van der Waals surface area contributed by atoms with Gasteiger partial charge in [-0.05, 0) is 29.9 Å². The SMILES string of the molecule is O=C(O)CN(CC(=O)O)CC(COCc1ccc(N=C=S)cc1)(CN(CC(=O)O)CC(=O)O)CN(CC(=O)O)CC(=O)O. The molecule has 0 spiro atoms. The second kappa shape index (κ2) is 18.3. The van der Waals surface area contributed by atoms with Crippen molar-refractivity contribution in [3.05, 3.63) is 29.8 Å². The van der Waals surface area contributed by atoms with Crippen molar-refractivity contribution in [3.8, 4) is 0 Å². The predicted octanol–water partition coefficient (Wildman–Crippen LogP) is -0.662. The largest absolute Gasteiger partial charge is 0.480 e. The molecule has 18 heteroatoms. The molecular weight excluding hydrogens is 596 g/mol. The summed E-state index contributed by atoms with van der Waals surface area (Å²) in [4.78, 5) is 76.1. The Balaban J connectivity index is 3.63. The fraction of sp³-hybridized carbons (Fsp3) is 0.480. The monoisotopic (exact) mass is 628 g/mol. The lowest BCUT2D eigenvalue weighted by atomic mass is 9.85. The zero-order valence-electron chi connectivity index (χ0n) is 22.8. The molecule has 0 amide bonds. The maximum Gasteiger partial charge on any atom is 0.317 e. The van der Waals surface area contributed by atoms with Crippen molar-refractivity contribution in [1.82, 2.24) is 14.7 Å². The number of benzene rings is 1. The van der Waals surface area contributed by atoms with Gasteiger partial charge >= 0.3 is 35.8 Å². The molecule has 6 N–H and O–H groups in total. The molecular formula is C25H32N4O13S. The molecule has 17 nitrogen and oxygen atoms in total. The quantitative estimate of drug-likeness (QED) is 0.0649. The number of ether oxygens (including phenoxy) is 1. The Morgan fingerprint density at radius 2 is 0.977 bits per heavy atom. The van der Waals surface area contributed by atoms with E-state index in [2.05, 4.69) is 22.4 Å². The van der Waals surface area contributed by atoms with Crippen molar-refractivity contribution >= 4 is 58.9 Å². The van der Waals surface area contributed by atoms with Gasteiger partial charge in [0.15, 0.2) is 0 Å². The first-order valence-electron chi connectivity index (χ1n) is 12.4. The van der Waals surface area contributed by atoms with Crippen molar-refractivity contribution in [1.29, 1.82) is 0 Å². The van der Waals surface area contributed by atoms with Crippen molar-refractivity contribution in [3.63, 3.8) is 0 Å². The molecule has 0 aliphatic heterocycles. The third-order valence-corrected chi connectivity index (χ3v) is 5.71. The predicted molar refractivity (Wildman–Crippen MR) is 148 cm³/mol. The molecule has 0 saturated carbocycles. The van der Waals surface area contributed by atoms with Crippen molar-refractivity contribution in [2.75, 3.05) is 65.5 Å². The zero-order chi connectivity index (χ0) is 32.6. The molecule has 43 heavy (non-hydrogen) atoms. The van der Waals surface area contributed by atoms with Crippen LogP contribution >= 0.6 is 12.2 Å². The molecule has 0 atom stereocenters. The highest BCUT2D eigenvalue weighted by Gasteiger charge is 2.39. The highest BCUT2D eigenvalue weighted by atomic mass is 32.1. The second-order valence-corrected chi connectivity index (χ2v) is 9.84. The van der Waals surface area contributed by atoms with Crippen LogP contribution in [-0.2, 0) is 40.1 Å². The van der Waals surface area contributed by atoms with Crippen molar-refractivity contribution in [2.45, 2.75) is 6.61 Å². The van der Waals surface area contributed by atoms with Gasteiger partial charge in [-0.1, -0.05) is 12.1 Å². The van der Waals surface area contributed by atoms with Gasteiger partial charge in [-0.2, -0.15) is 4.99 Å². The van der Waals surface area contributed by atoms with E-state index >= 15 is 0 Å². The number of rotatable bonds is 23. The van der Waals surface area contributed by atoms with Gasteiger partial charge in [0, 0.05) is 25.0 Å². The number of isothiocyanates is 1. The van der Waals surface area contributed by atoms with Crippen LogP contribution in [0.3, 0.4) is 0 Å². The van der Waals surface area contributed by atoms with E-state index in [-0.39, 0.29) is 6.61 Å². The lowest BCUT2D eigenvalue weighted by Crippen LogP contribution is -2.57. The summed E-state index contributed by atoms with van der Waals surface area (Å²) in [6.45, 7) is -6.87. The fourth-order valence-electron chi connectivity index (χ4n) is 4.47. The number of thiocarbonyl (C=S) groups is 1. The van der Waals surface area contributed by atoms with Crippen LogP contribution in [0, 0.1) is 5.41 Å². The van der Waals surface area contributed by atoms with Crippen LogP contribution in [0.5, 0.6) is 0 Å². The van der Waals surface area contributed by atoms with Crippen LogP contribution in [0.4, 0.5) is 5.69 Å². The molecule has 1 aromatic carbocycles. The molecule has 0 saturated heterocycles. The Labute approximate surface area is 250 Å². The minimum atomic E-state index is -1.61. The molecule has 0 aromatic heterocycles. The number of carbonyl (C=O) groups is 6. The van der Waals surface area contributed by atoms with Crippen LogP contribution in [0.25, 0.3) is 0 Å². The normalized spacial score (nSPS) is 11.3. The number of aliphatic carboxylic acids is 6. The summed E-state index contributed by atoms with van der Waals surface area (Å²) in [5.74, 6) is -8.52. The third kappa shape index (κ3) is 16.0. The summed E-state index contributed by atoms with van der Waals surface area (Å²) in [5, 5.41) is 58.6. The first-order chi connectivity index (χ1) is 20.1. The minimum Gasteiger partial charge on any atom is -0.480 e. The van der Waals surface area contributed by atoms with E-state index in [1.807, 2.05) is 0 Å². The number of aliphatic imine (C=N–C) groups is 1. The van der Waals surface area contributed by atoms with Crippen LogP contribution in [0.2, 0.25) is 0 Å². The smallest absolute Gasteiger partial charge is 0.317 e. The zero-order valence-corrected chi connectivity index (χ0v) is 23.6. The molecule has 0 bridgehead atoms. The Kier molecular flexibility index (Phi) is 15.6. The van der Waals surface area contributed by atoms with Crippen molar-refractivity contribution in [2.24, 2.45) is 10.4 Å². The van der Waals surface area contributed by atoms with E-state index in [4.69, 9.17) is 4.74 Å². The highest BCUT2D eigenvalue weighted by molar-refractivity contribution is 7.78. The first-order valence-corrected chi connectivity index (χ1v) is 12.8. The van der Waals surface area contributed by atoms with Crippen LogP contribution in [0.15, 0.2) is 29.3 Å². The van der Waals surface area contributed by atoms with E-state index in [1.165, 1.54) is 0 Å². The van der Waals surface area contributed by atoms with Crippen LogP contribution in [-0.4, -0.2) is 152 Å². The number of nitrogens with zero attached hydrogens (tertiary/aromatic N) is 4. The Morgan fingerprint density at radius 1 is 0.651 bits per heavy atom. The molecule has 236 valence electrons. The average Bonchev–Trinajstić information content (AvgIpc) is 2.82. The van der Waals surface area contributed by atoms with Crippen LogP contribution in [0.1, 0.15) is 5.56 Å². The second-order valence-electron chi connectivity index (χ2n) is 9.66. The Bertz CT molecular complexity index is 1060. The topological polar surface area (TPSA) is 255 Å². The van der Waals surface area contributed by atoms with Gasteiger partial charge < -0.3 is 35.4 Å². The summed E-state index contributed by atoms with van der Waals surface area (Å²) in [7, 11) is 0. The van der Waals surface area contributed by atoms with Gasteiger partial charge in [0.25, 0.3) is 0 Å². The van der Waals surface area contributed by atoms with Crippen molar-refractivity contribution < 1.29 is 64.1 Å². The summed E-state index contributed by atoms with van der Waals surface area (Å²) in [6.07, 6.45) is 0. The maximum absolute atomic E-state index is 11.6. The number of hydrogen-bond acceptors (Lipinski definition) is 12. The van der Waals surface area contributed by atoms with E-state index in [9.17, 15) is 59.4 Å². The number of carboxylic acid groups (broad SMARTS) is 6. The third-order valence-electron chi connectivity index (χ3n) is 5.62. The van der Waals surface area contributed by atoms with E-state index in [0.29, 0.717) is 11.3 Å². The van der Waals surface area contributed by atoms with Gasteiger partial charge in [-0.15, -0.1) is 0 Å². The standard InChI is InChI=1S/C25H32N4O13S/c30-19(31)5-27(6-20(32)33)12-25(13-28(7-21(34)35)8-22(36)37,14-29(9-23(38)39)10-24(40)41)15-42-11-17-1-3-18(4-2-17)26-16-43/h1-4H,5-15H2,(H,30,31)(H,32,33)(H,34,35)(H,36,37)(H,38,39)(H,40,41). The van der Waals surface area contributed by atoms with Gasteiger partial charge in [0.2, 0.25) is 0 Å². The molecule has 0 aliphatic rings. The van der Waals surface area contributed by atoms with Crippen LogP contribution < -0.4 is 0 Å². The molecule has 0 fully saturated rings. The number of hydrogen-bond donors (Lipinski definition) is 6. The minimum absolute atomic E-state index is 0.100. The first kappa shape index (κ1) is 36.7. The molecule has 1 aromatic rings. The summed E-state index contributed by atoms with van der Waals surface area (Å²) >= 11 is 4.56. The molecule has 0 radical (unpaired) electrons. The summed E-state index contributed by atoms with van der Waals surface area (Å²) in [5.41, 5.74) is -0.504. The van der Waals surface area contributed by atoms with E-state index in [0.717, 1.165) is 14.7 Å². The molecule has 1 rings (SSSR count). The maximum atomic E-state index is 11.6. The highest BCUT2D eigenvalue weighted by Crippen LogP contribution is 2.25. The summed E-state index contributed by atoms with van der Waals surface area (Å²) < 4.78 is 5.89. The fourth-order valence-corrected chi connectivity index (χ4v) is 4.57. The Morgan fingerprint density at radius 3 is 1.26 bits per heavy atom. The molecule has 0 heterocycles. The Hall–Kier alpha value is -4.32. The molecule has 0 aliphatic carbocycles. The van der Waals surface area contributed by atoms with E-state index < -0.39 is 107 Å². The lowest BCUT2D eigenvalue weighted by Gasteiger charge is -2.42. The average molecular weight is 629 g/mol. The number of carboxylic acids is 6. The van der Waals surface area contributed by atoms with E-state index in [1.54, 1.807) is 24.3 Å².